The minimum Gasteiger partial charge on any atom is -0.331 e. The van der Waals surface area contributed by atoms with Crippen molar-refractivity contribution in [2.75, 3.05) is 6.54 Å². The molecule has 10 heteroatoms. The van der Waals surface area contributed by atoms with Gasteiger partial charge in [-0.15, -0.1) is 0 Å². The number of hydrogen-bond donors (Lipinski definition) is 1. The fourth-order valence-corrected chi connectivity index (χ4v) is 3.00. The quantitative estimate of drug-likeness (QED) is 0.377. The summed E-state index contributed by atoms with van der Waals surface area (Å²) in [6.07, 6.45) is 0.420. The molecule has 0 fully saturated rings. The summed E-state index contributed by atoms with van der Waals surface area (Å²) in [6.45, 7) is 1.51. The lowest BCUT2D eigenvalue weighted by atomic mass is 10.1. The molecule has 3 rings (SSSR count). The highest BCUT2D eigenvalue weighted by molar-refractivity contribution is 6.31. The van der Waals surface area contributed by atoms with Crippen molar-refractivity contribution in [3.63, 3.8) is 0 Å². The Morgan fingerprint density at radius 2 is 1.86 bits per heavy atom. The highest BCUT2D eigenvalue weighted by atomic mass is 35.5. The van der Waals surface area contributed by atoms with Gasteiger partial charge in [-0.25, -0.2) is 22.5 Å². The van der Waals surface area contributed by atoms with Crippen molar-refractivity contribution < 1.29 is 22.4 Å². The molecule has 0 saturated carbocycles. The molecule has 0 atom stereocenters. The SMILES string of the molecule is CCCN(Cc1nc2cc(Cl)ccc2c(=O)[nH]1)C(=O)c1cc(F)c(F)c(F)c1F. The van der Waals surface area contributed by atoms with Crippen LogP contribution in [0.1, 0.15) is 29.5 Å². The molecule has 3 aromatic rings. The van der Waals surface area contributed by atoms with Gasteiger partial charge in [0, 0.05) is 11.6 Å². The molecular formula is C19H14ClF4N3O2. The van der Waals surface area contributed by atoms with E-state index in [1.165, 1.54) is 18.2 Å². The van der Waals surface area contributed by atoms with E-state index in [0.29, 0.717) is 17.5 Å². The molecule has 0 radical (unpaired) electrons. The third kappa shape index (κ3) is 4.09. The number of carbonyl (C=O) groups is 1. The number of aromatic amines is 1. The zero-order chi connectivity index (χ0) is 21.3. The van der Waals surface area contributed by atoms with Crippen LogP contribution in [0.5, 0.6) is 0 Å². The van der Waals surface area contributed by atoms with Crippen molar-refractivity contribution in [3.05, 3.63) is 74.3 Å². The molecule has 0 unspecified atom stereocenters. The predicted molar refractivity (Wildman–Crippen MR) is 98.7 cm³/mol. The normalized spacial score (nSPS) is 11.1. The van der Waals surface area contributed by atoms with Crippen LogP contribution >= 0.6 is 11.6 Å². The van der Waals surface area contributed by atoms with E-state index in [4.69, 9.17) is 11.6 Å². The van der Waals surface area contributed by atoms with E-state index in [9.17, 15) is 27.2 Å². The van der Waals surface area contributed by atoms with Crippen LogP contribution in [0.3, 0.4) is 0 Å². The Labute approximate surface area is 166 Å². The summed E-state index contributed by atoms with van der Waals surface area (Å²) in [5, 5.41) is 0.627. The van der Waals surface area contributed by atoms with Gasteiger partial charge in [0.15, 0.2) is 23.3 Å². The molecule has 1 N–H and O–H groups in total. The first-order valence-corrected chi connectivity index (χ1v) is 8.91. The van der Waals surface area contributed by atoms with Crippen molar-refractivity contribution in [2.24, 2.45) is 0 Å². The number of hydrogen-bond acceptors (Lipinski definition) is 3. The summed E-state index contributed by atoms with van der Waals surface area (Å²) < 4.78 is 54.2. The van der Waals surface area contributed by atoms with E-state index < -0.39 is 40.3 Å². The summed E-state index contributed by atoms with van der Waals surface area (Å²) in [5.41, 5.74) is -1.15. The van der Waals surface area contributed by atoms with Crippen molar-refractivity contribution in [1.29, 1.82) is 0 Å². The van der Waals surface area contributed by atoms with Crippen LogP contribution in [0.4, 0.5) is 17.6 Å². The Bertz CT molecular complexity index is 1170. The molecule has 0 bridgehead atoms. The Kier molecular flexibility index (Phi) is 5.88. The Hall–Kier alpha value is -2.94. The van der Waals surface area contributed by atoms with Crippen LogP contribution in [0, 0.1) is 23.3 Å². The summed E-state index contributed by atoms with van der Waals surface area (Å²) >= 11 is 5.91. The third-order valence-corrected chi connectivity index (χ3v) is 4.41. The number of benzene rings is 2. The monoisotopic (exact) mass is 427 g/mol. The van der Waals surface area contributed by atoms with Crippen LogP contribution in [0.15, 0.2) is 29.1 Å². The summed E-state index contributed by atoms with van der Waals surface area (Å²) in [5.74, 6) is -8.56. The van der Waals surface area contributed by atoms with Gasteiger partial charge in [-0.2, -0.15) is 0 Å². The number of carbonyl (C=O) groups excluding carboxylic acids is 1. The zero-order valence-electron chi connectivity index (χ0n) is 15.0. The zero-order valence-corrected chi connectivity index (χ0v) is 15.8. The van der Waals surface area contributed by atoms with Crippen molar-refractivity contribution in [2.45, 2.75) is 19.9 Å². The Balaban J connectivity index is 2.00. The topological polar surface area (TPSA) is 66.1 Å². The molecule has 0 aliphatic rings. The molecule has 2 aromatic carbocycles. The molecule has 0 aliphatic carbocycles. The lowest BCUT2D eigenvalue weighted by Gasteiger charge is -2.22. The molecule has 1 amide bonds. The number of fused-ring (bicyclic) bond motifs is 1. The van der Waals surface area contributed by atoms with Gasteiger partial charge in [0.2, 0.25) is 0 Å². The number of aromatic nitrogens is 2. The van der Waals surface area contributed by atoms with Gasteiger partial charge >= 0.3 is 0 Å². The summed E-state index contributed by atoms with van der Waals surface area (Å²) in [6, 6.07) is 4.77. The average Bonchev–Trinajstić information content (AvgIpc) is 2.68. The largest absolute Gasteiger partial charge is 0.331 e. The van der Waals surface area contributed by atoms with E-state index >= 15 is 0 Å². The minimum atomic E-state index is -2.07. The standard InChI is InChI=1S/C19H14ClF4N3O2/c1-2-5-27(19(29)11-7-12(21)16(23)17(24)15(11)22)8-14-25-13-6-9(20)3-4-10(13)18(28)26-14/h3-4,6-7H,2,5,8H2,1H3,(H,25,26,28). The lowest BCUT2D eigenvalue weighted by molar-refractivity contribution is 0.0732. The minimum absolute atomic E-state index is 0.0648. The number of H-pyrrole nitrogens is 1. The maximum absolute atomic E-state index is 14.0. The first-order chi connectivity index (χ1) is 13.7. The highest BCUT2D eigenvalue weighted by Gasteiger charge is 2.26. The Morgan fingerprint density at radius 1 is 1.14 bits per heavy atom. The van der Waals surface area contributed by atoms with Crippen LogP contribution in [-0.2, 0) is 6.54 Å². The molecule has 29 heavy (non-hydrogen) atoms. The smallest absolute Gasteiger partial charge is 0.258 e. The van der Waals surface area contributed by atoms with Crippen molar-refractivity contribution in [3.8, 4) is 0 Å². The van der Waals surface area contributed by atoms with Crippen LogP contribution in [-0.4, -0.2) is 27.3 Å². The molecule has 5 nitrogen and oxygen atoms in total. The molecule has 0 aliphatic heterocycles. The van der Waals surface area contributed by atoms with E-state index in [0.717, 1.165) is 4.90 Å². The van der Waals surface area contributed by atoms with Gasteiger partial charge in [0.05, 0.1) is 23.0 Å². The van der Waals surface area contributed by atoms with Gasteiger partial charge in [0.1, 0.15) is 5.82 Å². The number of amides is 1. The van der Waals surface area contributed by atoms with Gasteiger partial charge in [-0.05, 0) is 30.7 Å². The van der Waals surface area contributed by atoms with Crippen molar-refractivity contribution in [1.82, 2.24) is 14.9 Å². The predicted octanol–water partition coefficient (Wildman–Crippen LogP) is 4.19. The Morgan fingerprint density at radius 3 is 2.55 bits per heavy atom. The molecule has 1 heterocycles. The van der Waals surface area contributed by atoms with Gasteiger partial charge in [-0.3, -0.25) is 9.59 Å². The molecule has 0 spiro atoms. The number of nitrogens with zero attached hydrogens (tertiary/aromatic N) is 2. The second-order valence-electron chi connectivity index (χ2n) is 6.25. The molecule has 1 aromatic heterocycles. The molecule has 0 saturated heterocycles. The highest BCUT2D eigenvalue weighted by Crippen LogP contribution is 2.21. The average molecular weight is 428 g/mol. The van der Waals surface area contributed by atoms with Gasteiger partial charge in [-0.1, -0.05) is 18.5 Å². The first-order valence-electron chi connectivity index (χ1n) is 8.53. The number of rotatable bonds is 5. The van der Waals surface area contributed by atoms with Crippen LogP contribution < -0.4 is 5.56 Å². The van der Waals surface area contributed by atoms with E-state index in [2.05, 4.69) is 9.97 Å². The maximum Gasteiger partial charge on any atom is 0.258 e. The maximum atomic E-state index is 14.0. The second kappa shape index (κ2) is 8.20. The lowest BCUT2D eigenvalue weighted by Crippen LogP contribution is -2.33. The molecule has 152 valence electrons. The number of halogens is 5. The van der Waals surface area contributed by atoms with E-state index in [-0.39, 0.29) is 29.8 Å². The van der Waals surface area contributed by atoms with Crippen LogP contribution in [0.25, 0.3) is 10.9 Å². The third-order valence-electron chi connectivity index (χ3n) is 4.17. The number of nitrogens with one attached hydrogen (secondary N) is 1. The summed E-state index contributed by atoms with van der Waals surface area (Å²) in [4.78, 5) is 32.7. The first kappa shape index (κ1) is 20.8. The fourth-order valence-electron chi connectivity index (χ4n) is 2.84. The summed E-state index contributed by atoms with van der Waals surface area (Å²) in [7, 11) is 0. The van der Waals surface area contributed by atoms with Gasteiger partial charge < -0.3 is 9.88 Å². The van der Waals surface area contributed by atoms with Crippen LogP contribution in [0.2, 0.25) is 5.02 Å². The van der Waals surface area contributed by atoms with E-state index in [1.807, 2.05) is 0 Å². The van der Waals surface area contributed by atoms with Gasteiger partial charge in [0.25, 0.3) is 11.5 Å². The van der Waals surface area contributed by atoms with Crippen molar-refractivity contribution >= 4 is 28.4 Å². The van der Waals surface area contributed by atoms with E-state index in [1.54, 1.807) is 6.92 Å². The second-order valence-corrected chi connectivity index (χ2v) is 6.69. The molecular weight excluding hydrogens is 414 g/mol. The fraction of sp³-hybridized carbons (Fsp3) is 0.211.